The first-order valence-corrected chi connectivity index (χ1v) is 9.96. The molecular weight excluding hydrogens is 390 g/mol. The molecule has 3 aromatic rings. The van der Waals surface area contributed by atoms with E-state index in [4.69, 9.17) is 4.52 Å². The van der Waals surface area contributed by atoms with E-state index in [0.29, 0.717) is 5.69 Å². The number of sulfone groups is 1. The predicted molar refractivity (Wildman–Crippen MR) is 96.8 cm³/mol. The van der Waals surface area contributed by atoms with Crippen molar-refractivity contribution in [3.05, 3.63) is 71.9 Å². The molecule has 28 heavy (non-hydrogen) atoms. The Bertz CT molecular complexity index is 1080. The fourth-order valence-corrected chi connectivity index (χ4v) is 3.72. The van der Waals surface area contributed by atoms with E-state index in [0.717, 1.165) is 12.1 Å². The minimum atomic E-state index is -3.55. The van der Waals surface area contributed by atoms with Gasteiger partial charge in [0.05, 0.1) is 22.8 Å². The van der Waals surface area contributed by atoms with E-state index in [9.17, 15) is 22.0 Å². The van der Waals surface area contributed by atoms with Crippen LogP contribution in [0.4, 0.5) is 8.78 Å². The highest BCUT2D eigenvalue weighted by atomic mass is 32.2. The zero-order valence-corrected chi connectivity index (χ0v) is 15.4. The highest BCUT2D eigenvalue weighted by Crippen LogP contribution is 2.24. The van der Waals surface area contributed by atoms with Gasteiger partial charge in [0, 0.05) is 18.6 Å². The monoisotopic (exact) mass is 406 g/mol. The lowest BCUT2D eigenvalue weighted by atomic mass is 10.1. The molecule has 0 bridgehead atoms. The van der Waals surface area contributed by atoms with Crippen LogP contribution in [0.25, 0.3) is 11.3 Å². The first-order valence-electron chi connectivity index (χ1n) is 8.31. The average Bonchev–Trinajstić information content (AvgIpc) is 3.14. The van der Waals surface area contributed by atoms with Crippen LogP contribution in [-0.4, -0.2) is 25.2 Å². The standard InChI is InChI=1S/C19H16F2N2O4S/c20-13-6-7-16(17(21)10-13)18-11-14(23-27-18)12-22-19(24)8-9-28(25,26)15-4-2-1-3-5-15/h1-7,10-11H,8-9,12H2,(H,22,24). The van der Waals surface area contributed by atoms with Gasteiger partial charge in [-0.05, 0) is 24.3 Å². The van der Waals surface area contributed by atoms with Crippen LogP contribution in [0.1, 0.15) is 12.1 Å². The van der Waals surface area contributed by atoms with E-state index in [1.54, 1.807) is 18.2 Å². The molecule has 1 aromatic heterocycles. The summed E-state index contributed by atoms with van der Waals surface area (Å²) in [6.07, 6.45) is -0.214. The van der Waals surface area contributed by atoms with Gasteiger partial charge in [-0.2, -0.15) is 0 Å². The van der Waals surface area contributed by atoms with Gasteiger partial charge in [-0.1, -0.05) is 23.4 Å². The number of carbonyl (C=O) groups excluding carboxylic acids is 1. The summed E-state index contributed by atoms with van der Waals surface area (Å²) in [5.74, 6) is -2.21. The number of hydrogen-bond acceptors (Lipinski definition) is 5. The Morgan fingerprint density at radius 1 is 1.07 bits per heavy atom. The molecule has 0 radical (unpaired) electrons. The lowest BCUT2D eigenvalue weighted by Crippen LogP contribution is -2.25. The summed E-state index contributed by atoms with van der Waals surface area (Å²) in [6.45, 7) is -0.0173. The summed E-state index contributed by atoms with van der Waals surface area (Å²) in [5, 5.41) is 6.25. The lowest BCUT2D eigenvalue weighted by Gasteiger charge is -2.05. The molecule has 0 atom stereocenters. The smallest absolute Gasteiger partial charge is 0.221 e. The number of nitrogens with zero attached hydrogens (tertiary/aromatic N) is 1. The minimum Gasteiger partial charge on any atom is -0.356 e. The van der Waals surface area contributed by atoms with Gasteiger partial charge in [0.25, 0.3) is 0 Å². The highest BCUT2D eigenvalue weighted by molar-refractivity contribution is 7.91. The van der Waals surface area contributed by atoms with Gasteiger partial charge in [-0.25, -0.2) is 17.2 Å². The molecule has 0 aliphatic carbocycles. The van der Waals surface area contributed by atoms with Crippen LogP contribution < -0.4 is 5.32 Å². The maximum absolute atomic E-state index is 13.8. The molecule has 0 aliphatic rings. The van der Waals surface area contributed by atoms with Gasteiger partial charge in [0.1, 0.15) is 17.3 Å². The van der Waals surface area contributed by atoms with E-state index in [2.05, 4.69) is 10.5 Å². The summed E-state index contributed by atoms with van der Waals surface area (Å²) in [4.78, 5) is 12.1. The number of aromatic nitrogens is 1. The Kier molecular flexibility index (Phi) is 5.84. The van der Waals surface area contributed by atoms with Crippen LogP contribution in [0.15, 0.2) is 64.0 Å². The quantitative estimate of drug-likeness (QED) is 0.651. The minimum absolute atomic E-state index is 0.0173. The summed E-state index contributed by atoms with van der Waals surface area (Å²) in [5.41, 5.74) is 0.360. The number of carbonyl (C=O) groups is 1. The van der Waals surface area contributed by atoms with E-state index in [1.165, 1.54) is 24.3 Å². The second-order valence-electron chi connectivity index (χ2n) is 5.97. The van der Waals surface area contributed by atoms with E-state index >= 15 is 0 Å². The molecule has 0 unspecified atom stereocenters. The lowest BCUT2D eigenvalue weighted by molar-refractivity contribution is -0.120. The zero-order valence-electron chi connectivity index (χ0n) is 14.6. The van der Waals surface area contributed by atoms with Crippen molar-refractivity contribution in [2.75, 3.05) is 5.75 Å². The molecule has 9 heteroatoms. The van der Waals surface area contributed by atoms with Crippen molar-refractivity contribution in [3.63, 3.8) is 0 Å². The normalized spacial score (nSPS) is 11.4. The molecular formula is C19H16F2N2O4S. The van der Waals surface area contributed by atoms with E-state index < -0.39 is 27.4 Å². The largest absolute Gasteiger partial charge is 0.356 e. The number of amides is 1. The van der Waals surface area contributed by atoms with E-state index in [-0.39, 0.29) is 34.9 Å². The summed E-state index contributed by atoms with van der Waals surface area (Å²) >= 11 is 0. The maximum Gasteiger partial charge on any atom is 0.221 e. The summed E-state index contributed by atoms with van der Waals surface area (Å²) in [7, 11) is -3.55. The predicted octanol–water partition coefficient (Wildman–Crippen LogP) is 3.10. The molecule has 0 fully saturated rings. The molecule has 0 spiro atoms. The molecule has 1 amide bonds. The number of halogens is 2. The van der Waals surface area contributed by atoms with Crippen molar-refractivity contribution in [3.8, 4) is 11.3 Å². The van der Waals surface area contributed by atoms with Crippen molar-refractivity contribution in [2.45, 2.75) is 17.9 Å². The molecule has 0 saturated carbocycles. The Balaban J connectivity index is 1.55. The van der Waals surface area contributed by atoms with Gasteiger partial charge in [0.15, 0.2) is 15.6 Å². The van der Waals surface area contributed by atoms with Gasteiger partial charge < -0.3 is 9.84 Å². The maximum atomic E-state index is 13.8. The average molecular weight is 406 g/mol. The molecule has 6 nitrogen and oxygen atoms in total. The molecule has 0 saturated heterocycles. The second kappa shape index (κ2) is 8.30. The molecule has 146 valence electrons. The Hall–Kier alpha value is -3.07. The van der Waals surface area contributed by atoms with Crippen LogP contribution in [0.5, 0.6) is 0 Å². The third-order valence-electron chi connectivity index (χ3n) is 3.92. The Morgan fingerprint density at radius 2 is 1.82 bits per heavy atom. The van der Waals surface area contributed by atoms with Crippen molar-refractivity contribution in [1.82, 2.24) is 10.5 Å². The number of hydrogen-bond donors (Lipinski definition) is 1. The van der Waals surface area contributed by atoms with Gasteiger partial charge in [-0.3, -0.25) is 4.79 Å². The Labute approximate surface area is 160 Å². The van der Waals surface area contributed by atoms with Crippen LogP contribution in [0.3, 0.4) is 0 Å². The topological polar surface area (TPSA) is 89.3 Å². The fraction of sp³-hybridized carbons (Fsp3) is 0.158. The molecule has 0 aliphatic heterocycles. The SMILES string of the molecule is O=C(CCS(=O)(=O)c1ccccc1)NCc1cc(-c2ccc(F)cc2F)on1. The van der Waals surface area contributed by atoms with Gasteiger partial charge >= 0.3 is 0 Å². The van der Waals surface area contributed by atoms with Gasteiger partial charge in [-0.15, -0.1) is 0 Å². The zero-order chi connectivity index (χ0) is 20.1. The Morgan fingerprint density at radius 3 is 2.54 bits per heavy atom. The number of benzene rings is 2. The van der Waals surface area contributed by atoms with Crippen molar-refractivity contribution < 1.29 is 26.5 Å². The third kappa shape index (κ3) is 4.80. The second-order valence-corrected chi connectivity index (χ2v) is 8.07. The molecule has 1 heterocycles. The third-order valence-corrected chi connectivity index (χ3v) is 5.65. The number of nitrogens with one attached hydrogen (secondary N) is 1. The van der Waals surface area contributed by atoms with Crippen molar-refractivity contribution >= 4 is 15.7 Å². The van der Waals surface area contributed by atoms with Crippen LogP contribution in [0, 0.1) is 11.6 Å². The fourth-order valence-electron chi connectivity index (χ4n) is 2.46. The highest BCUT2D eigenvalue weighted by Gasteiger charge is 2.17. The van der Waals surface area contributed by atoms with Crippen LogP contribution >= 0.6 is 0 Å². The first-order chi connectivity index (χ1) is 13.3. The molecule has 1 N–H and O–H groups in total. The van der Waals surface area contributed by atoms with E-state index in [1.807, 2.05) is 0 Å². The van der Waals surface area contributed by atoms with Crippen molar-refractivity contribution in [1.29, 1.82) is 0 Å². The summed E-state index contributed by atoms with van der Waals surface area (Å²) in [6, 6.07) is 12.3. The van der Waals surface area contributed by atoms with Crippen molar-refractivity contribution in [2.24, 2.45) is 0 Å². The van der Waals surface area contributed by atoms with Gasteiger partial charge in [0.2, 0.25) is 5.91 Å². The molecule has 2 aromatic carbocycles. The number of rotatable bonds is 7. The summed E-state index contributed by atoms with van der Waals surface area (Å²) < 4.78 is 56.1. The van der Waals surface area contributed by atoms with Crippen LogP contribution in [-0.2, 0) is 21.2 Å². The van der Waals surface area contributed by atoms with Crippen LogP contribution in [0.2, 0.25) is 0 Å². The first kappa shape index (κ1) is 19.7. The molecule has 3 rings (SSSR count).